The monoisotopic (exact) mass is 274 g/mol. The fraction of sp³-hybridized carbons (Fsp3) is 0.588. The van der Waals surface area contributed by atoms with E-state index in [-0.39, 0.29) is 11.9 Å². The molecule has 1 aromatic rings. The molecule has 110 valence electrons. The molecule has 0 spiro atoms. The lowest BCUT2D eigenvalue weighted by Gasteiger charge is -2.22. The Balaban J connectivity index is 1.65. The van der Waals surface area contributed by atoms with Gasteiger partial charge in [0.25, 0.3) is 0 Å². The van der Waals surface area contributed by atoms with E-state index in [9.17, 15) is 4.79 Å². The Hall–Kier alpha value is -1.35. The third-order valence-corrected chi connectivity index (χ3v) is 4.03. The molecule has 1 fully saturated rings. The van der Waals surface area contributed by atoms with Crippen LogP contribution in [0.15, 0.2) is 30.3 Å². The summed E-state index contributed by atoms with van der Waals surface area (Å²) in [6.07, 6.45) is 5.04. The van der Waals surface area contributed by atoms with Gasteiger partial charge in [-0.05, 0) is 57.2 Å². The van der Waals surface area contributed by atoms with Crippen LogP contribution in [0, 0.1) is 5.92 Å². The lowest BCUT2D eigenvalue weighted by atomic mass is 9.93. The van der Waals surface area contributed by atoms with Gasteiger partial charge >= 0.3 is 0 Å². The molecule has 3 nitrogen and oxygen atoms in total. The molecular weight excluding hydrogens is 248 g/mol. The molecule has 0 radical (unpaired) electrons. The quantitative estimate of drug-likeness (QED) is 0.837. The van der Waals surface area contributed by atoms with Crippen LogP contribution in [0.5, 0.6) is 0 Å². The van der Waals surface area contributed by atoms with Crippen LogP contribution in [0.2, 0.25) is 0 Å². The van der Waals surface area contributed by atoms with E-state index in [0.717, 1.165) is 31.8 Å². The van der Waals surface area contributed by atoms with E-state index < -0.39 is 0 Å². The second kappa shape index (κ2) is 8.05. The molecule has 0 bridgehead atoms. The lowest BCUT2D eigenvalue weighted by molar-refractivity contribution is -0.122. The molecule has 2 rings (SSSR count). The molecule has 1 aromatic carbocycles. The van der Waals surface area contributed by atoms with Crippen molar-refractivity contribution in [3.63, 3.8) is 0 Å². The second-order valence-electron chi connectivity index (χ2n) is 5.89. The predicted octanol–water partition coefficient (Wildman–Crippen LogP) is 2.51. The first kappa shape index (κ1) is 15.0. The van der Waals surface area contributed by atoms with Crippen molar-refractivity contribution in [1.29, 1.82) is 0 Å². The molecule has 1 unspecified atom stereocenters. The number of hydrogen-bond donors (Lipinski definition) is 2. The van der Waals surface area contributed by atoms with Crippen molar-refractivity contribution in [2.75, 3.05) is 13.1 Å². The normalized spacial score (nSPS) is 17.6. The highest BCUT2D eigenvalue weighted by Gasteiger charge is 2.15. The summed E-state index contributed by atoms with van der Waals surface area (Å²) in [5.41, 5.74) is 1.28. The summed E-state index contributed by atoms with van der Waals surface area (Å²) in [6, 6.07) is 10.5. The van der Waals surface area contributed by atoms with Gasteiger partial charge in [0.05, 0.1) is 0 Å². The van der Waals surface area contributed by atoms with E-state index in [2.05, 4.69) is 29.7 Å². The molecule has 1 atom stereocenters. The molecule has 1 aliphatic heterocycles. The number of hydrogen-bond acceptors (Lipinski definition) is 2. The molecule has 0 aliphatic carbocycles. The Morgan fingerprint density at radius 1 is 1.30 bits per heavy atom. The van der Waals surface area contributed by atoms with Crippen molar-refractivity contribution in [2.45, 2.75) is 45.1 Å². The summed E-state index contributed by atoms with van der Waals surface area (Å²) in [4.78, 5) is 12.0. The number of nitrogens with one attached hydrogen (secondary N) is 2. The minimum absolute atomic E-state index is 0.201. The highest BCUT2D eigenvalue weighted by Crippen LogP contribution is 2.17. The minimum atomic E-state index is 0.201. The number of piperidine rings is 1. The van der Waals surface area contributed by atoms with Gasteiger partial charge in [-0.2, -0.15) is 0 Å². The van der Waals surface area contributed by atoms with Crippen LogP contribution in [0.1, 0.15) is 38.2 Å². The SMILES string of the molecule is CC(Cc1ccccc1)NC(=O)CCC1CCNCC1. The first-order valence-corrected chi connectivity index (χ1v) is 7.78. The van der Waals surface area contributed by atoms with E-state index >= 15 is 0 Å². The lowest BCUT2D eigenvalue weighted by Crippen LogP contribution is -2.35. The fourth-order valence-corrected chi connectivity index (χ4v) is 2.87. The Kier molecular flexibility index (Phi) is 6.06. The minimum Gasteiger partial charge on any atom is -0.353 e. The van der Waals surface area contributed by atoms with E-state index in [1.165, 1.54) is 18.4 Å². The topological polar surface area (TPSA) is 41.1 Å². The Morgan fingerprint density at radius 3 is 2.70 bits per heavy atom. The van der Waals surface area contributed by atoms with E-state index in [1.807, 2.05) is 18.2 Å². The first-order chi connectivity index (χ1) is 9.74. The molecule has 0 aromatic heterocycles. The summed E-state index contributed by atoms with van der Waals surface area (Å²) in [5, 5.41) is 6.47. The molecular formula is C17H26N2O. The van der Waals surface area contributed by atoms with E-state index in [0.29, 0.717) is 6.42 Å². The van der Waals surface area contributed by atoms with Crippen LogP contribution < -0.4 is 10.6 Å². The summed E-state index contributed by atoms with van der Waals surface area (Å²) < 4.78 is 0. The molecule has 20 heavy (non-hydrogen) atoms. The predicted molar refractivity (Wildman–Crippen MR) is 82.6 cm³/mol. The molecule has 1 aliphatic rings. The van der Waals surface area contributed by atoms with Gasteiger partial charge in [-0.3, -0.25) is 4.79 Å². The maximum Gasteiger partial charge on any atom is 0.220 e. The van der Waals surface area contributed by atoms with Crippen LogP contribution in [-0.4, -0.2) is 25.0 Å². The standard InChI is InChI=1S/C17H26N2O/c1-14(13-16-5-3-2-4-6-16)19-17(20)8-7-15-9-11-18-12-10-15/h2-6,14-15,18H,7-13H2,1H3,(H,19,20). The number of benzene rings is 1. The maximum atomic E-state index is 12.0. The highest BCUT2D eigenvalue weighted by atomic mass is 16.1. The number of carbonyl (C=O) groups excluding carboxylic acids is 1. The highest BCUT2D eigenvalue weighted by molar-refractivity contribution is 5.76. The fourth-order valence-electron chi connectivity index (χ4n) is 2.87. The van der Waals surface area contributed by atoms with Crippen molar-refractivity contribution >= 4 is 5.91 Å². The molecule has 3 heteroatoms. The van der Waals surface area contributed by atoms with Gasteiger partial charge in [0, 0.05) is 12.5 Å². The molecule has 1 saturated heterocycles. The summed E-state index contributed by atoms with van der Waals surface area (Å²) >= 11 is 0. The molecule has 0 saturated carbocycles. The Morgan fingerprint density at radius 2 is 2.00 bits per heavy atom. The third kappa shape index (κ3) is 5.33. The van der Waals surface area contributed by atoms with Crippen LogP contribution in [-0.2, 0) is 11.2 Å². The molecule has 2 N–H and O–H groups in total. The van der Waals surface area contributed by atoms with Crippen LogP contribution in [0.25, 0.3) is 0 Å². The van der Waals surface area contributed by atoms with Crippen molar-refractivity contribution in [3.05, 3.63) is 35.9 Å². The Labute approximate surface area is 122 Å². The first-order valence-electron chi connectivity index (χ1n) is 7.78. The average Bonchev–Trinajstić information content (AvgIpc) is 2.47. The van der Waals surface area contributed by atoms with Crippen molar-refractivity contribution < 1.29 is 4.79 Å². The van der Waals surface area contributed by atoms with Gasteiger partial charge < -0.3 is 10.6 Å². The Bertz CT molecular complexity index is 399. The zero-order chi connectivity index (χ0) is 14.2. The zero-order valence-corrected chi connectivity index (χ0v) is 12.4. The summed E-state index contributed by atoms with van der Waals surface area (Å²) in [6.45, 7) is 4.29. The van der Waals surface area contributed by atoms with Crippen LogP contribution in [0.3, 0.4) is 0 Å². The number of amides is 1. The van der Waals surface area contributed by atoms with Gasteiger partial charge in [0.2, 0.25) is 5.91 Å². The number of carbonyl (C=O) groups is 1. The van der Waals surface area contributed by atoms with Crippen LogP contribution >= 0.6 is 0 Å². The molecule has 1 amide bonds. The van der Waals surface area contributed by atoms with Crippen molar-refractivity contribution in [2.24, 2.45) is 5.92 Å². The summed E-state index contributed by atoms with van der Waals surface area (Å²) in [7, 11) is 0. The van der Waals surface area contributed by atoms with Gasteiger partial charge in [-0.25, -0.2) is 0 Å². The van der Waals surface area contributed by atoms with Crippen LogP contribution in [0.4, 0.5) is 0 Å². The largest absolute Gasteiger partial charge is 0.353 e. The van der Waals surface area contributed by atoms with Gasteiger partial charge in [-0.15, -0.1) is 0 Å². The summed E-state index contributed by atoms with van der Waals surface area (Å²) in [5.74, 6) is 0.929. The maximum absolute atomic E-state index is 12.0. The zero-order valence-electron chi connectivity index (χ0n) is 12.4. The average molecular weight is 274 g/mol. The third-order valence-electron chi connectivity index (χ3n) is 4.03. The molecule has 1 heterocycles. The van der Waals surface area contributed by atoms with E-state index in [4.69, 9.17) is 0 Å². The smallest absolute Gasteiger partial charge is 0.220 e. The van der Waals surface area contributed by atoms with Crippen molar-refractivity contribution in [1.82, 2.24) is 10.6 Å². The second-order valence-corrected chi connectivity index (χ2v) is 5.89. The number of rotatable bonds is 6. The van der Waals surface area contributed by atoms with E-state index in [1.54, 1.807) is 0 Å². The van der Waals surface area contributed by atoms with Gasteiger partial charge in [-0.1, -0.05) is 30.3 Å². The van der Waals surface area contributed by atoms with Crippen molar-refractivity contribution in [3.8, 4) is 0 Å². The van der Waals surface area contributed by atoms with Gasteiger partial charge in [0.15, 0.2) is 0 Å². The van der Waals surface area contributed by atoms with Gasteiger partial charge in [0.1, 0.15) is 0 Å².